The molecular weight excluding hydrogens is 246 g/mol. The third-order valence-corrected chi connectivity index (χ3v) is 3.38. The standard InChI is InChI=1S/C13H17N3O3/c1-19-13(18)8-4-2-5-9(11(8)14)16-7-3-6-10(16)12(15)17/h2,4-5,10H,3,6-7,14H2,1H3,(H2,15,17). The first-order valence-corrected chi connectivity index (χ1v) is 6.09. The summed E-state index contributed by atoms with van der Waals surface area (Å²) in [6.07, 6.45) is 1.58. The SMILES string of the molecule is COC(=O)c1cccc(N2CCCC2C(N)=O)c1N. The van der Waals surface area contributed by atoms with E-state index >= 15 is 0 Å². The fourth-order valence-corrected chi connectivity index (χ4v) is 2.44. The minimum atomic E-state index is -0.492. The Morgan fingerprint density at radius 1 is 1.42 bits per heavy atom. The Labute approximate surface area is 111 Å². The van der Waals surface area contributed by atoms with Crippen molar-refractivity contribution in [1.29, 1.82) is 0 Å². The molecule has 0 saturated carbocycles. The number of nitrogens with zero attached hydrogens (tertiary/aromatic N) is 1. The van der Waals surface area contributed by atoms with Gasteiger partial charge in [0.15, 0.2) is 0 Å². The van der Waals surface area contributed by atoms with Crippen LogP contribution in [0, 0.1) is 0 Å². The molecule has 0 aliphatic carbocycles. The van der Waals surface area contributed by atoms with Gasteiger partial charge in [-0.1, -0.05) is 6.07 Å². The quantitative estimate of drug-likeness (QED) is 0.611. The first-order chi connectivity index (χ1) is 9.06. The predicted octanol–water partition coefficient (Wildman–Crippen LogP) is 0.510. The Balaban J connectivity index is 2.40. The van der Waals surface area contributed by atoms with E-state index in [0.717, 1.165) is 6.42 Å². The van der Waals surface area contributed by atoms with Gasteiger partial charge in [0, 0.05) is 6.54 Å². The molecule has 1 aromatic carbocycles. The molecule has 0 spiro atoms. The third-order valence-electron chi connectivity index (χ3n) is 3.38. The maximum atomic E-state index is 11.6. The number of primary amides is 1. The van der Waals surface area contributed by atoms with Crippen molar-refractivity contribution in [3.63, 3.8) is 0 Å². The molecule has 1 fully saturated rings. The lowest BCUT2D eigenvalue weighted by molar-refractivity contribution is -0.119. The molecule has 1 unspecified atom stereocenters. The summed E-state index contributed by atoms with van der Waals surface area (Å²) in [7, 11) is 1.30. The van der Waals surface area contributed by atoms with E-state index in [4.69, 9.17) is 11.5 Å². The summed E-state index contributed by atoms with van der Waals surface area (Å²) in [5.41, 5.74) is 12.7. The summed E-state index contributed by atoms with van der Waals surface area (Å²) >= 11 is 0. The second kappa shape index (κ2) is 5.17. The van der Waals surface area contributed by atoms with Gasteiger partial charge in [-0.15, -0.1) is 0 Å². The van der Waals surface area contributed by atoms with Crippen LogP contribution in [0.25, 0.3) is 0 Å². The number of anilines is 2. The van der Waals surface area contributed by atoms with E-state index in [1.54, 1.807) is 18.2 Å². The summed E-state index contributed by atoms with van der Waals surface area (Å²) in [5.74, 6) is -0.866. The normalized spacial score (nSPS) is 18.4. The molecule has 1 aliphatic heterocycles. The molecule has 1 atom stereocenters. The maximum absolute atomic E-state index is 11.6. The summed E-state index contributed by atoms with van der Waals surface area (Å²) in [5, 5.41) is 0. The van der Waals surface area contributed by atoms with E-state index in [1.165, 1.54) is 7.11 Å². The topological polar surface area (TPSA) is 98.6 Å². The molecule has 0 aromatic heterocycles. The molecule has 19 heavy (non-hydrogen) atoms. The zero-order chi connectivity index (χ0) is 14.0. The molecule has 1 aliphatic rings. The molecule has 0 radical (unpaired) electrons. The lowest BCUT2D eigenvalue weighted by Crippen LogP contribution is -2.40. The van der Waals surface area contributed by atoms with Crippen LogP contribution in [-0.2, 0) is 9.53 Å². The minimum Gasteiger partial charge on any atom is -0.465 e. The van der Waals surface area contributed by atoms with E-state index in [0.29, 0.717) is 29.9 Å². The van der Waals surface area contributed by atoms with E-state index in [-0.39, 0.29) is 11.9 Å². The van der Waals surface area contributed by atoms with E-state index in [9.17, 15) is 9.59 Å². The van der Waals surface area contributed by atoms with Gasteiger partial charge < -0.3 is 21.1 Å². The summed E-state index contributed by atoms with van der Waals surface area (Å²) in [4.78, 5) is 24.9. The monoisotopic (exact) mass is 263 g/mol. The average Bonchev–Trinajstić information content (AvgIpc) is 2.87. The molecule has 1 heterocycles. The van der Waals surface area contributed by atoms with Crippen molar-refractivity contribution in [2.24, 2.45) is 5.73 Å². The molecule has 1 aromatic rings. The van der Waals surface area contributed by atoms with Crippen molar-refractivity contribution in [3.8, 4) is 0 Å². The number of hydrogen-bond acceptors (Lipinski definition) is 5. The molecule has 1 amide bonds. The van der Waals surface area contributed by atoms with Crippen LogP contribution in [0.15, 0.2) is 18.2 Å². The summed E-state index contributed by atoms with van der Waals surface area (Å²) < 4.78 is 4.68. The highest BCUT2D eigenvalue weighted by molar-refractivity contribution is 5.99. The fourth-order valence-electron chi connectivity index (χ4n) is 2.44. The largest absolute Gasteiger partial charge is 0.465 e. The lowest BCUT2D eigenvalue weighted by Gasteiger charge is -2.26. The number of nitrogens with two attached hydrogens (primary N) is 2. The number of methoxy groups -OCH3 is 1. The number of hydrogen-bond donors (Lipinski definition) is 2. The number of benzene rings is 1. The fraction of sp³-hybridized carbons (Fsp3) is 0.385. The molecule has 1 saturated heterocycles. The Morgan fingerprint density at radius 2 is 2.16 bits per heavy atom. The molecule has 4 N–H and O–H groups in total. The number of ether oxygens (including phenoxy) is 1. The summed E-state index contributed by atoms with van der Waals surface area (Å²) in [6.45, 7) is 0.697. The van der Waals surface area contributed by atoms with Gasteiger partial charge in [-0.2, -0.15) is 0 Å². The second-order valence-corrected chi connectivity index (χ2v) is 4.48. The predicted molar refractivity (Wildman–Crippen MR) is 71.8 cm³/mol. The van der Waals surface area contributed by atoms with Gasteiger partial charge >= 0.3 is 5.97 Å². The van der Waals surface area contributed by atoms with Crippen molar-refractivity contribution in [2.75, 3.05) is 24.3 Å². The Hall–Kier alpha value is -2.24. The van der Waals surface area contributed by atoms with Crippen molar-refractivity contribution in [2.45, 2.75) is 18.9 Å². The third kappa shape index (κ3) is 2.33. The van der Waals surface area contributed by atoms with E-state index < -0.39 is 5.97 Å². The van der Waals surface area contributed by atoms with Crippen LogP contribution in [-0.4, -0.2) is 31.6 Å². The first kappa shape index (κ1) is 13.2. The van der Waals surface area contributed by atoms with Crippen molar-refractivity contribution in [1.82, 2.24) is 0 Å². The van der Waals surface area contributed by atoms with E-state index in [2.05, 4.69) is 4.74 Å². The molecule has 102 valence electrons. The van der Waals surface area contributed by atoms with Crippen LogP contribution in [0.1, 0.15) is 23.2 Å². The highest BCUT2D eigenvalue weighted by Gasteiger charge is 2.31. The number of rotatable bonds is 3. The van der Waals surface area contributed by atoms with Gasteiger partial charge in [-0.05, 0) is 25.0 Å². The van der Waals surface area contributed by atoms with Crippen LogP contribution in [0.5, 0.6) is 0 Å². The first-order valence-electron chi connectivity index (χ1n) is 6.09. The van der Waals surface area contributed by atoms with Crippen molar-refractivity contribution < 1.29 is 14.3 Å². The van der Waals surface area contributed by atoms with Gasteiger partial charge in [-0.25, -0.2) is 4.79 Å². The Bertz CT molecular complexity index is 516. The summed E-state index contributed by atoms with van der Waals surface area (Å²) in [6, 6.07) is 4.73. The van der Waals surface area contributed by atoms with Crippen LogP contribution in [0.2, 0.25) is 0 Å². The Kier molecular flexibility index (Phi) is 3.59. The van der Waals surface area contributed by atoms with Gasteiger partial charge in [0.25, 0.3) is 0 Å². The highest BCUT2D eigenvalue weighted by Crippen LogP contribution is 2.32. The number of nitrogen functional groups attached to an aromatic ring is 1. The van der Waals surface area contributed by atoms with Crippen LogP contribution < -0.4 is 16.4 Å². The smallest absolute Gasteiger partial charge is 0.340 e. The lowest BCUT2D eigenvalue weighted by atomic mass is 10.1. The highest BCUT2D eigenvalue weighted by atomic mass is 16.5. The number of amides is 1. The van der Waals surface area contributed by atoms with Gasteiger partial charge in [0.05, 0.1) is 24.0 Å². The van der Waals surface area contributed by atoms with Crippen LogP contribution in [0.3, 0.4) is 0 Å². The number of esters is 1. The Morgan fingerprint density at radius 3 is 2.79 bits per heavy atom. The molecule has 2 rings (SSSR count). The molecule has 6 nitrogen and oxygen atoms in total. The molecule has 6 heteroatoms. The number of carbonyl (C=O) groups is 2. The van der Waals surface area contributed by atoms with Crippen LogP contribution in [0.4, 0.5) is 11.4 Å². The van der Waals surface area contributed by atoms with E-state index in [1.807, 2.05) is 4.90 Å². The van der Waals surface area contributed by atoms with Gasteiger partial charge in [0.2, 0.25) is 5.91 Å². The minimum absolute atomic E-state index is 0.301. The molecular formula is C13H17N3O3. The number of carbonyl (C=O) groups excluding carboxylic acids is 2. The van der Waals surface area contributed by atoms with Gasteiger partial charge in [-0.3, -0.25) is 4.79 Å². The molecule has 0 bridgehead atoms. The zero-order valence-electron chi connectivity index (χ0n) is 10.8. The average molecular weight is 263 g/mol. The van der Waals surface area contributed by atoms with Crippen molar-refractivity contribution in [3.05, 3.63) is 23.8 Å². The number of para-hydroxylation sites is 1. The maximum Gasteiger partial charge on any atom is 0.340 e. The van der Waals surface area contributed by atoms with Crippen LogP contribution >= 0.6 is 0 Å². The van der Waals surface area contributed by atoms with Gasteiger partial charge in [0.1, 0.15) is 6.04 Å². The second-order valence-electron chi connectivity index (χ2n) is 4.48. The zero-order valence-corrected chi connectivity index (χ0v) is 10.8. The van der Waals surface area contributed by atoms with Crippen molar-refractivity contribution >= 4 is 23.3 Å².